The first-order valence-corrected chi connectivity index (χ1v) is 8.47. The number of esters is 2. The third-order valence-electron chi connectivity index (χ3n) is 3.21. The Hall–Kier alpha value is -1.46. The number of hydrogen-bond donors (Lipinski definition) is 0. The number of hydrogen-bond acceptors (Lipinski definition) is 4. The monoisotopic (exact) mass is 420 g/mol. The predicted molar refractivity (Wildman–Crippen MR) is 98.0 cm³/mol. The minimum atomic E-state index is -1.63. The lowest BCUT2D eigenvalue weighted by atomic mass is 9.94. The van der Waals surface area contributed by atoms with Crippen molar-refractivity contribution in [3.8, 4) is 11.5 Å². The van der Waals surface area contributed by atoms with E-state index in [9.17, 15) is 9.59 Å². The summed E-state index contributed by atoms with van der Waals surface area (Å²) < 4.78 is 10.4. The normalized spacial score (nSPS) is 11.1. The molecule has 0 fully saturated rings. The average Bonchev–Trinajstić information content (AvgIpc) is 2.54. The molecule has 8 heteroatoms. The van der Waals surface area contributed by atoms with Crippen LogP contribution in [0.2, 0.25) is 20.1 Å². The molecule has 2 aromatic rings. The van der Waals surface area contributed by atoms with E-state index in [0.717, 1.165) is 0 Å². The molecule has 0 unspecified atom stereocenters. The number of benzene rings is 2. The van der Waals surface area contributed by atoms with Crippen molar-refractivity contribution in [2.45, 2.75) is 13.8 Å². The van der Waals surface area contributed by atoms with Crippen LogP contribution in [0, 0.1) is 5.41 Å². The van der Waals surface area contributed by atoms with Gasteiger partial charge >= 0.3 is 11.9 Å². The summed E-state index contributed by atoms with van der Waals surface area (Å²) in [7, 11) is 0. The highest BCUT2D eigenvalue weighted by molar-refractivity contribution is 6.35. The number of carbonyl (C=O) groups is 2. The molecule has 0 spiro atoms. The second-order valence-electron chi connectivity index (χ2n) is 5.55. The van der Waals surface area contributed by atoms with E-state index < -0.39 is 17.4 Å². The van der Waals surface area contributed by atoms with Crippen molar-refractivity contribution < 1.29 is 19.1 Å². The Kier molecular flexibility index (Phi) is 6.22. The second kappa shape index (κ2) is 7.83. The second-order valence-corrected chi connectivity index (χ2v) is 7.24. The smallest absolute Gasteiger partial charge is 0.328 e. The predicted octanol–water partition coefficient (Wildman–Crippen LogP) is 5.84. The summed E-state index contributed by atoms with van der Waals surface area (Å²) in [5, 5.41) is 1.02. The molecule has 2 aromatic carbocycles. The quantitative estimate of drug-likeness (QED) is 0.353. The Morgan fingerprint density at radius 1 is 0.760 bits per heavy atom. The van der Waals surface area contributed by atoms with Gasteiger partial charge in [-0.3, -0.25) is 9.59 Å². The molecular weight excluding hydrogens is 410 g/mol. The first-order valence-electron chi connectivity index (χ1n) is 6.96. The van der Waals surface area contributed by atoms with Crippen molar-refractivity contribution in [2.24, 2.45) is 5.41 Å². The van der Waals surface area contributed by atoms with Crippen molar-refractivity contribution in [3.63, 3.8) is 0 Å². The van der Waals surface area contributed by atoms with Crippen molar-refractivity contribution in [1.29, 1.82) is 0 Å². The van der Waals surface area contributed by atoms with Gasteiger partial charge < -0.3 is 9.47 Å². The van der Waals surface area contributed by atoms with Crippen molar-refractivity contribution in [1.82, 2.24) is 0 Å². The first kappa shape index (κ1) is 19.9. The summed E-state index contributed by atoms with van der Waals surface area (Å²) in [6, 6.07) is 8.78. The molecule has 0 atom stereocenters. The Labute approximate surface area is 164 Å². The van der Waals surface area contributed by atoms with E-state index in [1.165, 1.54) is 38.1 Å². The van der Waals surface area contributed by atoms with Gasteiger partial charge in [-0.25, -0.2) is 0 Å². The Morgan fingerprint density at radius 3 is 1.48 bits per heavy atom. The third kappa shape index (κ3) is 4.79. The molecule has 4 nitrogen and oxygen atoms in total. The molecular formula is C17H12Cl4O4. The number of carbonyl (C=O) groups excluding carboxylic acids is 2. The number of ether oxygens (including phenoxy) is 2. The van der Waals surface area contributed by atoms with Crippen LogP contribution in [0.5, 0.6) is 11.5 Å². The van der Waals surface area contributed by atoms with Gasteiger partial charge in [-0.2, -0.15) is 0 Å². The largest absolute Gasteiger partial charge is 0.424 e. The minimum Gasteiger partial charge on any atom is -0.424 e. The van der Waals surface area contributed by atoms with Gasteiger partial charge in [0.05, 0.1) is 10.0 Å². The van der Waals surface area contributed by atoms with Crippen molar-refractivity contribution in [2.75, 3.05) is 0 Å². The van der Waals surface area contributed by atoms with Crippen LogP contribution in [-0.2, 0) is 9.59 Å². The molecule has 132 valence electrons. The van der Waals surface area contributed by atoms with E-state index in [1.54, 1.807) is 12.1 Å². The topological polar surface area (TPSA) is 52.6 Å². The van der Waals surface area contributed by atoms with Gasteiger partial charge in [0.15, 0.2) is 16.9 Å². The van der Waals surface area contributed by atoms with Crippen LogP contribution in [0.4, 0.5) is 0 Å². The van der Waals surface area contributed by atoms with E-state index >= 15 is 0 Å². The third-order valence-corrected chi connectivity index (χ3v) is 4.31. The first-order chi connectivity index (χ1) is 11.6. The Morgan fingerprint density at radius 2 is 1.12 bits per heavy atom. The van der Waals surface area contributed by atoms with Crippen LogP contribution < -0.4 is 9.47 Å². The zero-order valence-corrected chi connectivity index (χ0v) is 16.1. The summed E-state index contributed by atoms with van der Waals surface area (Å²) in [5.41, 5.74) is -1.63. The maximum Gasteiger partial charge on any atom is 0.328 e. The highest BCUT2D eigenvalue weighted by Gasteiger charge is 2.40. The van der Waals surface area contributed by atoms with Gasteiger partial charge in [0.2, 0.25) is 0 Å². The van der Waals surface area contributed by atoms with Gasteiger partial charge in [-0.05, 0) is 38.1 Å². The molecule has 0 saturated heterocycles. The van der Waals surface area contributed by atoms with E-state index in [0.29, 0.717) is 10.0 Å². The number of rotatable bonds is 4. The summed E-state index contributed by atoms with van der Waals surface area (Å²) >= 11 is 23.6. The highest BCUT2D eigenvalue weighted by atomic mass is 35.5. The van der Waals surface area contributed by atoms with Crippen molar-refractivity contribution in [3.05, 3.63) is 56.5 Å². The van der Waals surface area contributed by atoms with Gasteiger partial charge in [0.25, 0.3) is 0 Å². The summed E-state index contributed by atoms with van der Waals surface area (Å²) in [6.07, 6.45) is 0. The summed E-state index contributed by atoms with van der Waals surface area (Å²) in [5.74, 6) is -1.64. The fourth-order valence-corrected chi connectivity index (χ4v) is 2.29. The van der Waals surface area contributed by atoms with Gasteiger partial charge in [-0.15, -0.1) is 0 Å². The lowest BCUT2D eigenvalue weighted by Crippen LogP contribution is -2.39. The molecule has 0 aliphatic heterocycles. The molecule has 0 aromatic heterocycles. The van der Waals surface area contributed by atoms with Crippen LogP contribution in [0.1, 0.15) is 13.8 Å². The average molecular weight is 422 g/mol. The molecule has 0 aliphatic rings. The SMILES string of the molecule is CC(C)(C(=O)Oc1cc(Cl)ccc1Cl)C(=O)Oc1cc(Cl)ccc1Cl. The summed E-state index contributed by atoms with van der Waals surface area (Å²) in [6.45, 7) is 2.71. The molecule has 0 amide bonds. The van der Waals surface area contributed by atoms with Crippen LogP contribution in [0.15, 0.2) is 36.4 Å². The molecule has 0 N–H and O–H groups in total. The van der Waals surface area contributed by atoms with Crippen LogP contribution >= 0.6 is 46.4 Å². The van der Waals surface area contributed by atoms with Gasteiger partial charge in [0.1, 0.15) is 0 Å². The van der Waals surface area contributed by atoms with E-state index in [1.807, 2.05) is 0 Å². The molecule has 0 bridgehead atoms. The lowest BCUT2D eigenvalue weighted by molar-refractivity contribution is -0.158. The number of halogens is 4. The molecule has 25 heavy (non-hydrogen) atoms. The van der Waals surface area contributed by atoms with E-state index in [4.69, 9.17) is 55.9 Å². The fourth-order valence-electron chi connectivity index (χ4n) is 1.65. The Bertz CT molecular complexity index is 766. The molecule has 0 aliphatic carbocycles. The minimum absolute atomic E-state index is 0.0424. The molecule has 0 heterocycles. The molecule has 0 radical (unpaired) electrons. The maximum absolute atomic E-state index is 12.4. The van der Waals surface area contributed by atoms with Gasteiger partial charge in [0, 0.05) is 22.2 Å². The maximum atomic E-state index is 12.4. The molecule has 0 saturated carbocycles. The van der Waals surface area contributed by atoms with Crippen LogP contribution in [-0.4, -0.2) is 11.9 Å². The van der Waals surface area contributed by atoms with E-state index in [2.05, 4.69) is 0 Å². The zero-order chi connectivity index (χ0) is 18.8. The van der Waals surface area contributed by atoms with Gasteiger partial charge in [-0.1, -0.05) is 46.4 Å². The highest BCUT2D eigenvalue weighted by Crippen LogP contribution is 2.32. The van der Waals surface area contributed by atoms with Crippen LogP contribution in [0.3, 0.4) is 0 Å². The molecule has 2 rings (SSSR count). The fraction of sp³-hybridized carbons (Fsp3) is 0.176. The van der Waals surface area contributed by atoms with Crippen molar-refractivity contribution >= 4 is 58.3 Å². The van der Waals surface area contributed by atoms with E-state index in [-0.39, 0.29) is 21.5 Å². The Balaban J connectivity index is 2.18. The lowest BCUT2D eigenvalue weighted by Gasteiger charge is -2.21. The summed E-state index contributed by atoms with van der Waals surface area (Å²) in [4.78, 5) is 24.8. The zero-order valence-electron chi connectivity index (χ0n) is 13.1. The van der Waals surface area contributed by atoms with Crippen LogP contribution in [0.25, 0.3) is 0 Å². The standard InChI is InChI=1S/C17H12Cl4O4/c1-17(2,15(22)24-13-7-9(18)3-5-11(13)20)16(23)25-14-8-10(19)4-6-12(14)21/h3-8H,1-2H3.